The van der Waals surface area contributed by atoms with E-state index in [9.17, 15) is 4.79 Å². The van der Waals surface area contributed by atoms with Crippen molar-refractivity contribution in [2.75, 3.05) is 0 Å². The Morgan fingerprint density at radius 2 is 1.91 bits per heavy atom. The Morgan fingerprint density at radius 3 is 2.65 bits per heavy atom. The van der Waals surface area contributed by atoms with Crippen LogP contribution in [0, 0.1) is 5.92 Å². The van der Waals surface area contributed by atoms with Crippen LogP contribution in [-0.2, 0) is 6.54 Å². The fourth-order valence-electron chi connectivity index (χ4n) is 2.80. The third kappa shape index (κ3) is 3.32. The smallest absolute Gasteiger partial charge is 0.195 e. The minimum Gasteiger partial charge on any atom is -0.347 e. The van der Waals surface area contributed by atoms with E-state index in [4.69, 9.17) is 11.6 Å². The summed E-state index contributed by atoms with van der Waals surface area (Å²) in [5, 5.41) is 1.58. The van der Waals surface area contributed by atoms with E-state index in [2.05, 4.69) is 24.5 Å². The Balaban J connectivity index is 2.05. The molecule has 0 aliphatic carbocycles. The number of ketones is 1. The number of halogens is 1. The summed E-state index contributed by atoms with van der Waals surface area (Å²) < 4.78 is 2.19. The molecule has 23 heavy (non-hydrogen) atoms. The van der Waals surface area contributed by atoms with Crippen molar-refractivity contribution in [2.24, 2.45) is 5.92 Å². The number of hydrogen-bond acceptors (Lipinski definition) is 1. The zero-order valence-corrected chi connectivity index (χ0v) is 14.2. The van der Waals surface area contributed by atoms with Gasteiger partial charge in [-0.15, -0.1) is 0 Å². The molecule has 118 valence electrons. The highest BCUT2D eigenvalue weighted by atomic mass is 35.5. The quantitative estimate of drug-likeness (QED) is 0.562. The van der Waals surface area contributed by atoms with E-state index in [1.54, 1.807) is 12.1 Å². The zero-order chi connectivity index (χ0) is 16.4. The number of carbonyl (C=O) groups excluding carboxylic acids is 1. The molecule has 2 aromatic carbocycles. The third-order valence-corrected chi connectivity index (χ3v) is 4.30. The molecule has 0 spiro atoms. The molecule has 3 aromatic rings. The molecule has 3 rings (SSSR count). The lowest BCUT2D eigenvalue weighted by atomic mass is 10.0. The summed E-state index contributed by atoms with van der Waals surface area (Å²) in [6.07, 6.45) is 3.07. The number of fused-ring (bicyclic) bond motifs is 1. The molecular weight excluding hydrogens is 306 g/mol. The van der Waals surface area contributed by atoms with Crippen LogP contribution in [0.25, 0.3) is 10.9 Å². The minimum atomic E-state index is 0.0204. The molecule has 0 unspecified atom stereocenters. The number of para-hydroxylation sites is 1. The van der Waals surface area contributed by atoms with Gasteiger partial charge in [-0.3, -0.25) is 4.79 Å². The van der Waals surface area contributed by atoms with E-state index in [-0.39, 0.29) is 5.78 Å². The minimum absolute atomic E-state index is 0.0204. The average molecular weight is 326 g/mol. The van der Waals surface area contributed by atoms with E-state index < -0.39 is 0 Å². The van der Waals surface area contributed by atoms with Crippen molar-refractivity contribution in [1.29, 1.82) is 0 Å². The molecule has 0 amide bonds. The molecule has 0 saturated heterocycles. The van der Waals surface area contributed by atoms with Gasteiger partial charge in [0.15, 0.2) is 5.78 Å². The molecule has 0 atom stereocenters. The molecule has 1 aromatic heterocycles. The first kappa shape index (κ1) is 15.8. The largest absolute Gasteiger partial charge is 0.347 e. The van der Waals surface area contributed by atoms with E-state index in [1.807, 2.05) is 36.5 Å². The average Bonchev–Trinajstić information content (AvgIpc) is 2.91. The van der Waals surface area contributed by atoms with E-state index >= 15 is 0 Å². The number of rotatable bonds is 5. The maximum absolute atomic E-state index is 12.9. The van der Waals surface area contributed by atoms with Crippen LogP contribution in [0.3, 0.4) is 0 Å². The molecule has 0 aliphatic rings. The fourth-order valence-corrected chi connectivity index (χ4v) is 2.99. The summed E-state index contributed by atoms with van der Waals surface area (Å²) >= 11 is 6.03. The fraction of sp³-hybridized carbons (Fsp3) is 0.250. The van der Waals surface area contributed by atoms with Crippen LogP contribution in [0.4, 0.5) is 0 Å². The second-order valence-electron chi connectivity index (χ2n) is 6.28. The molecular formula is C20H20ClNO. The Hall–Kier alpha value is -2.06. The maximum Gasteiger partial charge on any atom is 0.195 e. The molecule has 0 radical (unpaired) electrons. The lowest BCUT2D eigenvalue weighted by Crippen LogP contribution is -2.02. The van der Waals surface area contributed by atoms with Crippen LogP contribution in [0.5, 0.6) is 0 Å². The molecule has 0 saturated carbocycles. The number of aryl methyl sites for hydroxylation is 1. The zero-order valence-electron chi connectivity index (χ0n) is 13.4. The Bertz CT molecular complexity index is 848. The van der Waals surface area contributed by atoms with Gasteiger partial charge < -0.3 is 4.57 Å². The number of nitrogens with zero attached hydrogens (tertiary/aromatic N) is 1. The van der Waals surface area contributed by atoms with Gasteiger partial charge in [0, 0.05) is 39.8 Å². The first-order valence-corrected chi connectivity index (χ1v) is 8.32. The first-order chi connectivity index (χ1) is 11.1. The number of hydrogen-bond donors (Lipinski definition) is 0. The Kier molecular flexibility index (Phi) is 4.53. The topological polar surface area (TPSA) is 22.0 Å². The summed E-state index contributed by atoms with van der Waals surface area (Å²) in [5.41, 5.74) is 2.48. The molecule has 2 nitrogen and oxygen atoms in total. The highest BCUT2D eigenvalue weighted by molar-refractivity contribution is 6.31. The first-order valence-electron chi connectivity index (χ1n) is 7.94. The SMILES string of the molecule is CC(C)CCn1cc(C(=O)c2cccc(Cl)c2)c2ccccc21. The second kappa shape index (κ2) is 6.59. The Morgan fingerprint density at radius 1 is 1.13 bits per heavy atom. The van der Waals surface area contributed by atoms with Gasteiger partial charge in [-0.1, -0.05) is 55.8 Å². The maximum atomic E-state index is 12.9. The van der Waals surface area contributed by atoms with Gasteiger partial charge in [-0.05, 0) is 30.5 Å². The molecule has 0 aliphatic heterocycles. The van der Waals surface area contributed by atoms with Gasteiger partial charge in [0.2, 0.25) is 0 Å². The third-order valence-electron chi connectivity index (χ3n) is 4.07. The van der Waals surface area contributed by atoms with Gasteiger partial charge >= 0.3 is 0 Å². The standard InChI is InChI=1S/C20H20ClNO/c1-14(2)10-11-22-13-18(17-8-3-4-9-19(17)22)20(23)15-6-5-7-16(21)12-15/h3-9,12-14H,10-11H2,1-2H3. The van der Waals surface area contributed by atoms with Crippen molar-refractivity contribution in [2.45, 2.75) is 26.8 Å². The second-order valence-corrected chi connectivity index (χ2v) is 6.71. The summed E-state index contributed by atoms with van der Waals surface area (Å²) in [7, 11) is 0. The van der Waals surface area contributed by atoms with Gasteiger partial charge in [-0.2, -0.15) is 0 Å². The van der Waals surface area contributed by atoms with Crippen LogP contribution in [0.1, 0.15) is 36.2 Å². The highest BCUT2D eigenvalue weighted by Gasteiger charge is 2.16. The van der Waals surface area contributed by atoms with Crippen molar-refractivity contribution in [3.8, 4) is 0 Å². The predicted molar refractivity (Wildman–Crippen MR) is 96.3 cm³/mol. The lowest BCUT2D eigenvalue weighted by Gasteiger charge is -2.07. The normalized spacial score (nSPS) is 11.3. The predicted octanol–water partition coefficient (Wildman–Crippen LogP) is 5.57. The van der Waals surface area contributed by atoms with E-state index in [1.165, 1.54) is 0 Å². The monoisotopic (exact) mass is 325 g/mol. The van der Waals surface area contributed by atoms with Crippen LogP contribution < -0.4 is 0 Å². The lowest BCUT2D eigenvalue weighted by molar-refractivity contribution is 0.104. The molecule has 0 fully saturated rings. The van der Waals surface area contributed by atoms with Crippen LogP contribution >= 0.6 is 11.6 Å². The van der Waals surface area contributed by atoms with Gasteiger partial charge in [0.1, 0.15) is 0 Å². The molecule has 3 heteroatoms. The van der Waals surface area contributed by atoms with Crippen LogP contribution in [0.2, 0.25) is 5.02 Å². The van der Waals surface area contributed by atoms with Gasteiger partial charge in [-0.25, -0.2) is 0 Å². The van der Waals surface area contributed by atoms with Gasteiger partial charge in [0.05, 0.1) is 0 Å². The number of carbonyl (C=O) groups is 1. The van der Waals surface area contributed by atoms with Crippen molar-refractivity contribution in [3.05, 3.63) is 70.9 Å². The van der Waals surface area contributed by atoms with E-state index in [0.29, 0.717) is 16.5 Å². The van der Waals surface area contributed by atoms with Crippen molar-refractivity contribution < 1.29 is 4.79 Å². The van der Waals surface area contributed by atoms with Crippen molar-refractivity contribution in [1.82, 2.24) is 4.57 Å². The number of benzene rings is 2. The van der Waals surface area contributed by atoms with Crippen molar-refractivity contribution >= 4 is 28.3 Å². The molecule has 0 N–H and O–H groups in total. The van der Waals surface area contributed by atoms with Crippen LogP contribution in [-0.4, -0.2) is 10.4 Å². The highest BCUT2D eigenvalue weighted by Crippen LogP contribution is 2.25. The summed E-state index contributed by atoms with van der Waals surface area (Å²) in [4.78, 5) is 12.9. The van der Waals surface area contributed by atoms with Crippen LogP contribution in [0.15, 0.2) is 54.7 Å². The summed E-state index contributed by atoms with van der Waals surface area (Å²) in [6.45, 7) is 5.34. The van der Waals surface area contributed by atoms with Gasteiger partial charge in [0.25, 0.3) is 0 Å². The van der Waals surface area contributed by atoms with Crippen molar-refractivity contribution in [3.63, 3.8) is 0 Å². The molecule has 0 bridgehead atoms. The number of aromatic nitrogens is 1. The summed E-state index contributed by atoms with van der Waals surface area (Å²) in [5.74, 6) is 0.648. The summed E-state index contributed by atoms with van der Waals surface area (Å²) in [6, 6.07) is 15.2. The van der Waals surface area contributed by atoms with E-state index in [0.717, 1.165) is 29.4 Å². The molecule has 1 heterocycles. The Labute approximate surface area is 141 Å².